The molecule has 1 fully saturated rings. The van der Waals surface area contributed by atoms with Gasteiger partial charge in [0, 0.05) is 30.9 Å². The van der Waals surface area contributed by atoms with Crippen LogP contribution in [0.25, 0.3) is 0 Å². The molecule has 2 N–H and O–H groups in total. The van der Waals surface area contributed by atoms with Gasteiger partial charge in [0.05, 0.1) is 6.61 Å². The molecule has 2 rings (SSSR count). The van der Waals surface area contributed by atoms with Crippen LogP contribution >= 0.6 is 0 Å². The Bertz CT molecular complexity index is 511. The molecule has 0 unspecified atom stereocenters. The van der Waals surface area contributed by atoms with E-state index in [1.165, 1.54) is 0 Å². The number of ether oxygens (including phenoxy) is 1. The first-order valence-electron chi connectivity index (χ1n) is 7.79. The highest BCUT2D eigenvalue weighted by Gasteiger charge is 2.25. The van der Waals surface area contributed by atoms with Crippen LogP contribution in [0.4, 0.5) is 10.5 Å². The molecule has 22 heavy (non-hydrogen) atoms. The summed E-state index contributed by atoms with van der Waals surface area (Å²) >= 11 is 0. The Morgan fingerprint density at radius 1 is 1.41 bits per heavy atom. The SMILES string of the molecule is CC(C)(C)OC(=O)NC[C@H]1CCN(c2ccccc2CO)C1. The number of carbonyl (C=O) groups excluding carboxylic acids is 1. The number of nitrogens with zero attached hydrogens (tertiary/aromatic N) is 1. The zero-order chi connectivity index (χ0) is 16.2. The van der Waals surface area contributed by atoms with Crippen molar-refractivity contribution in [1.29, 1.82) is 0 Å². The number of nitrogens with one attached hydrogen (secondary N) is 1. The van der Waals surface area contributed by atoms with Crippen molar-refractivity contribution in [2.75, 3.05) is 24.5 Å². The quantitative estimate of drug-likeness (QED) is 0.897. The lowest BCUT2D eigenvalue weighted by Crippen LogP contribution is -2.36. The second-order valence-corrected chi connectivity index (χ2v) is 6.77. The molecule has 5 nitrogen and oxygen atoms in total. The van der Waals surface area contributed by atoms with Gasteiger partial charge < -0.3 is 20.1 Å². The molecular weight excluding hydrogens is 280 g/mol. The van der Waals surface area contributed by atoms with Crippen molar-refractivity contribution in [3.63, 3.8) is 0 Å². The van der Waals surface area contributed by atoms with Gasteiger partial charge >= 0.3 is 6.09 Å². The number of hydrogen-bond acceptors (Lipinski definition) is 4. The Kier molecular flexibility index (Phi) is 5.29. The standard InChI is InChI=1S/C17H26N2O3/c1-17(2,3)22-16(21)18-10-13-8-9-19(11-13)15-7-5-4-6-14(15)12-20/h4-7,13,20H,8-12H2,1-3H3,(H,18,21)/t13-/m1/s1. The number of amides is 1. The van der Waals surface area contributed by atoms with E-state index in [0.29, 0.717) is 12.5 Å². The summed E-state index contributed by atoms with van der Waals surface area (Å²) in [6, 6.07) is 7.91. The Hall–Kier alpha value is -1.75. The molecule has 1 saturated heterocycles. The summed E-state index contributed by atoms with van der Waals surface area (Å²) in [4.78, 5) is 14.0. The molecule has 5 heteroatoms. The van der Waals surface area contributed by atoms with Gasteiger partial charge in [-0.2, -0.15) is 0 Å². The Morgan fingerprint density at radius 2 is 2.14 bits per heavy atom. The number of para-hydroxylation sites is 1. The van der Waals surface area contributed by atoms with Crippen LogP contribution in [0, 0.1) is 5.92 Å². The molecule has 1 atom stereocenters. The molecule has 1 heterocycles. The van der Waals surface area contributed by atoms with E-state index in [0.717, 1.165) is 30.8 Å². The van der Waals surface area contributed by atoms with Crippen molar-refractivity contribution in [2.45, 2.75) is 39.4 Å². The van der Waals surface area contributed by atoms with E-state index in [2.05, 4.69) is 10.2 Å². The van der Waals surface area contributed by atoms with Crippen molar-refractivity contribution in [3.8, 4) is 0 Å². The van der Waals surface area contributed by atoms with Crippen LogP contribution in [-0.2, 0) is 11.3 Å². The summed E-state index contributed by atoms with van der Waals surface area (Å²) < 4.78 is 5.25. The summed E-state index contributed by atoms with van der Waals surface area (Å²) in [6.45, 7) is 8.06. The zero-order valence-electron chi connectivity index (χ0n) is 13.6. The largest absolute Gasteiger partial charge is 0.444 e. The van der Waals surface area contributed by atoms with E-state index in [1.54, 1.807) is 0 Å². The minimum atomic E-state index is -0.466. The second-order valence-electron chi connectivity index (χ2n) is 6.77. The van der Waals surface area contributed by atoms with Gasteiger partial charge in [-0.3, -0.25) is 0 Å². The molecule has 1 aromatic carbocycles. The third-order valence-corrected chi connectivity index (χ3v) is 3.72. The lowest BCUT2D eigenvalue weighted by molar-refractivity contribution is 0.0520. The first-order chi connectivity index (χ1) is 10.4. The van der Waals surface area contributed by atoms with E-state index in [-0.39, 0.29) is 12.7 Å². The number of anilines is 1. The summed E-state index contributed by atoms with van der Waals surface area (Å²) in [7, 11) is 0. The van der Waals surface area contributed by atoms with E-state index >= 15 is 0 Å². The van der Waals surface area contributed by atoms with Crippen molar-refractivity contribution in [1.82, 2.24) is 5.32 Å². The first-order valence-corrected chi connectivity index (χ1v) is 7.79. The van der Waals surface area contributed by atoms with Gasteiger partial charge in [0.2, 0.25) is 0 Å². The maximum absolute atomic E-state index is 11.7. The minimum absolute atomic E-state index is 0.0491. The fraction of sp³-hybridized carbons (Fsp3) is 0.588. The van der Waals surface area contributed by atoms with E-state index in [4.69, 9.17) is 4.74 Å². The molecule has 0 bridgehead atoms. The van der Waals surface area contributed by atoms with Crippen LogP contribution in [0.15, 0.2) is 24.3 Å². The molecule has 1 aromatic rings. The fourth-order valence-electron chi connectivity index (χ4n) is 2.71. The van der Waals surface area contributed by atoms with Crippen LogP contribution in [0.3, 0.4) is 0 Å². The van der Waals surface area contributed by atoms with Crippen LogP contribution in [0.2, 0.25) is 0 Å². The summed E-state index contributed by atoms with van der Waals surface area (Å²) in [6.07, 6.45) is 0.664. The highest BCUT2D eigenvalue weighted by atomic mass is 16.6. The number of hydrogen-bond donors (Lipinski definition) is 2. The van der Waals surface area contributed by atoms with Gasteiger partial charge in [-0.05, 0) is 39.2 Å². The highest BCUT2D eigenvalue weighted by Crippen LogP contribution is 2.26. The number of aliphatic hydroxyl groups is 1. The lowest BCUT2D eigenvalue weighted by Gasteiger charge is -2.22. The first kappa shape index (κ1) is 16.6. The maximum Gasteiger partial charge on any atom is 0.407 e. The van der Waals surface area contributed by atoms with E-state index in [9.17, 15) is 9.90 Å². The number of benzene rings is 1. The van der Waals surface area contributed by atoms with Crippen LogP contribution < -0.4 is 10.2 Å². The fourth-order valence-corrected chi connectivity index (χ4v) is 2.71. The molecular formula is C17H26N2O3. The Morgan fingerprint density at radius 3 is 2.82 bits per heavy atom. The third-order valence-electron chi connectivity index (χ3n) is 3.72. The van der Waals surface area contributed by atoms with Gasteiger partial charge in [-0.1, -0.05) is 18.2 Å². The molecule has 0 aliphatic carbocycles. The smallest absolute Gasteiger partial charge is 0.407 e. The van der Waals surface area contributed by atoms with Crippen molar-refractivity contribution in [3.05, 3.63) is 29.8 Å². The number of alkyl carbamates (subject to hydrolysis) is 1. The number of carbonyl (C=O) groups is 1. The Balaban J connectivity index is 1.84. The summed E-state index contributed by atoms with van der Waals surface area (Å²) in [5, 5.41) is 12.3. The summed E-state index contributed by atoms with van der Waals surface area (Å²) in [5.74, 6) is 0.402. The van der Waals surface area contributed by atoms with E-state index in [1.807, 2.05) is 45.0 Å². The third kappa shape index (κ3) is 4.63. The monoisotopic (exact) mass is 306 g/mol. The predicted molar refractivity (Wildman–Crippen MR) is 86.9 cm³/mol. The average Bonchev–Trinajstić information content (AvgIpc) is 2.92. The molecule has 1 aliphatic heterocycles. The van der Waals surface area contributed by atoms with Crippen LogP contribution in [0.1, 0.15) is 32.8 Å². The number of aliphatic hydroxyl groups excluding tert-OH is 1. The molecule has 0 radical (unpaired) electrons. The van der Waals surface area contributed by atoms with Crippen molar-refractivity contribution < 1.29 is 14.6 Å². The van der Waals surface area contributed by atoms with E-state index < -0.39 is 5.60 Å². The topological polar surface area (TPSA) is 61.8 Å². The van der Waals surface area contributed by atoms with Crippen molar-refractivity contribution >= 4 is 11.8 Å². The van der Waals surface area contributed by atoms with Crippen LogP contribution in [0.5, 0.6) is 0 Å². The maximum atomic E-state index is 11.7. The second kappa shape index (κ2) is 7.01. The molecule has 0 saturated carbocycles. The zero-order valence-corrected chi connectivity index (χ0v) is 13.6. The normalized spacial score (nSPS) is 18.4. The molecule has 1 aliphatic rings. The molecule has 122 valence electrons. The average molecular weight is 306 g/mol. The van der Waals surface area contributed by atoms with Gasteiger partial charge in [0.15, 0.2) is 0 Å². The summed E-state index contributed by atoms with van der Waals surface area (Å²) in [5.41, 5.74) is 1.57. The van der Waals surface area contributed by atoms with Crippen LogP contribution in [-0.4, -0.2) is 36.4 Å². The van der Waals surface area contributed by atoms with Crippen molar-refractivity contribution in [2.24, 2.45) is 5.92 Å². The highest BCUT2D eigenvalue weighted by molar-refractivity contribution is 5.67. The Labute approximate surface area is 132 Å². The molecule has 0 aromatic heterocycles. The van der Waals surface area contributed by atoms with Gasteiger partial charge in [0.1, 0.15) is 5.60 Å². The van der Waals surface area contributed by atoms with Gasteiger partial charge in [0.25, 0.3) is 0 Å². The van der Waals surface area contributed by atoms with Gasteiger partial charge in [-0.15, -0.1) is 0 Å². The van der Waals surface area contributed by atoms with Gasteiger partial charge in [-0.25, -0.2) is 4.79 Å². The minimum Gasteiger partial charge on any atom is -0.444 e. The molecule has 1 amide bonds. The predicted octanol–water partition coefficient (Wildman–Crippen LogP) is 2.53. The molecule has 0 spiro atoms. The lowest BCUT2D eigenvalue weighted by atomic mass is 10.1. The number of rotatable bonds is 4.